The summed E-state index contributed by atoms with van der Waals surface area (Å²) < 4.78 is 11.5. The molecule has 4 rings (SSSR count). The Hall–Kier alpha value is -3.87. The predicted octanol–water partition coefficient (Wildman–Crippen LogP) is 5.53. The summed E-state index contributed by atoms with van der Waals surface area (Å²) in [6.07, 6.45) is 7.03. The Balaban J connectivity index is 1.25. The molecule has 1 fully saturated rings. The van der Waals surface area contributed by atoms with Gasteiger partial charge in [0.05, 0.1) is 19.8 Å². The predicted molar refractivity (Wildman–Crippen MR) is 152 cm³/mol. The van der Waals surface area contributed by atoms with E-state index in [1.807, 2.05) is 24.3 Å². The molecule has 1 heterocycles. The zero-order chi connectivity index (χ0) is 26.6. The zero-order valence-corrected chi connectivity index (χ0v) is 21.9. The van der Waals surface area contributed by atoms with Gasteiger partial charge in [-0.25, -0.2) is 4.79 Å². The lowest BCUT2D eigenvalue weighted by atomic mass is 9.96. The molecule has 0 aliphatic carbocycles. The molecule has 0 aromatic heterocycles. The van der Waals surface area contributed by atoms with Gasteiger partial charge in [0.15, 0.2) is 11.5 Å². The van der Waals surface area contributed by atoms with E-state index >= 15 is 0 Å². The number of hydrogen-bond acceptors (Lipinski definition) is 5. The van der Waals surface area contributed by atoms with Crippen LogP contribution in [0.4, 0.5) is 0 Å². The summed E-state index contributed by atoms with van der Waals surface area (Å²) >= 11 is 0. The van der Waals surface area contributed by atoms with Crippen LogP contribution in [0.25, 0.3) is 6.08 Å². The van der Waals surface area contributed by atoms with Gasteiger partial charge in [0, 0.05) is 38.8 Å². The van der Waals surface area contributed by atoms with Gasteiger partial charge in [0.1, 0.15) is 0 Å². The fourth-order valence-corrected chi connectivity index (χ4v) is 4.81. The van der Waals surface area contributed by atoms with Crippen LogP contribution >= 0.6 is 0 Å². The molecule has 6 nitrogen and oxygen atoms in total. The van der Waals surface area contributed by atoms with Crippen molar-refractivity contribution in [3.63, 3.8) is 0 Å². The highest BCUT2D eigenvalue weighted by Gasteiger charge is 2.26. The molecule has 3 aromatic rings. The van der Waals surface area contributed by atoms with Gasteiger partial charge in [-0.05, 0) is 35.2 Å². The van der Waals surface area contributed by atoms with E-state index in [1.54, 1.807) is 13.2 Å². The van der Waals surface area contributed by atoms with Crippen LogP contribution in [0.2, 0.25) is 0 Å². The quantitative estimate of drug-likeness (QED) is 0.196. The summed E-state index contributed by atoms with van der Waals surface area (Å²) in [6, 6.07) is 27.6. The lowest BCUT2D eigenvalue weighted by Crippen LogP contribution is -2.48. The average molecular weight is 513 g/mol. The van der Waals surface area contributed by atoms with Gasteiger partial charge in [0.25, 0.3) is 0 Å². The molecule has 198 valence electrons. The Kier molecular flexibility index (Phi) is 10.1. The third kappa shape index (κ3) is 7.81. The number of piperazine rings is 1. The second-order valence-corrected chi connectivity index (χ2v) is 9.27. The minimum absolute atomic E-state index is 0.279. The van der Waals surface area contributed by atoms with Crippen molar-refractivity contribution >= 4 is 12.0 Å². The number of allylic oxidation sites excluding steroid dienone is 2. The fourth-order valence-electron chi connectivity index (χ4n) is 4.81. The van der Waals surface area contributed by atoms with Gasteiger partial charge in [-0.1, -0.05) is 85.0 Å². The molecule has 0 spiro atoms. The van der Waals surface area contributed by atoms with Gasteiger partial charge in [0.2, 0.25) is 0 Å². The SMILES string of the molecule is COc1cc(C=CC=CC(=O)O)ccc1OCCCN1CCN(C(c2ccccc2)c2ccccc2)CC1. The number of carboxylic acids is 1. The Labute approximate surface area is 225 Å². The monoisotopic (exact) mass is 512 g/mol. The zero-order valence-electron chi connectivity index (χ0n) is 21.9. The molecule has 0 unspecified atom stereocenters. The van der Waals surface area contributed by atoms with Crippen LogP contribution in [0.3, 0.4) is 0 Å². The van der Waals surface area contributed by atoms with Crippen LogP contribution in [0.5, 0.6) is 11.5 Å². The van der Waals surface area contributed by atoms with Gasteiger partial charge >= 0.3 is 5.97 Å². The van der Waals surface area contributed by atoms with Crippen LogP contribution in [0, 0.1) is 0 Å². The third-order valence-electron chi connectivity index (χ3n) is 6.71. The molecule has 0 amide bonds. The first-order valence-electron chi connectivity index (χ1n) is 13.1. The van der Waals surface area contributed by atoms with Crippen molar-refractivity contribution < 1.29 is 19.4 Å². The molecule has 0 saturated carbocycles. The number of methoxy groups -OCH3 is 1. The number of ether oxygens (including phenoxy) is 2. The lowest BCUT2D eigenvalue weighted by Gasteiger charge is -2.39. The smallest absolute Gasteiger partial charge is 0.328 e. The Morgan fingerprint density at radius 1 is 0.895 bits per heavy atom. The summed E-state index contributed by atoms with van der Waals surface area (Å²) in [5.74, 6) is 0.404. The largest absolute Gasteiger partial charge is 0.493 e. The molecule has 1 saturated heterocycles. The molecule has 1 N–H and O–H groups in total. The average Bonchev–Trinajstić information content (AvgIpc) is 2.96. The van der Waals surface area contributed by atoms with Crippen LogP contribution in [0.15, 0.2) is 97.1 Å². The number of aliphatic carboxylic acids is 1. The molecule has 1 aliphatic heterocycles. The molecular formula is C32H36N2O4. The summed E-state index contributed by atoms with van der Waals surface area (Å²) in [5.41, 5.74) is 3.59. The van der Waals surface area contributed by atoms with Gasteiger partial charge < -0.3 is 19.5 Å². The van der Waals surface area contributed by atoms with E-state index in [-0.39, 0.29) is 6.04 Å². The fraction of sp³-hybridized carbons (Fsp3) is 0.281. The highest BCUT2D eigenvalue weighted by atomic mass is 16.5. The minimum atomic E-state index is -0.971. The molecule has 6 heteroatoms. The maximum atomic E-state index is 10.6. The number of benzene rings is 3. The summed E-state index contributed by atoms with van der Waals surface area (Å²) in [7, 11) is 1.62. The number of carboxylic acid groups (broad SMARTS) is 1. The highest BCUT2D eigenvalue weighted by Crippen LogP contribution is 2.30. The first-order valence-corrected chi connectivity index (χ1v) is 13.1. The van der Waals surface area contributed by atoms with Crippen molar-refractivity contribution in [1.82, 2.24) is 9.80 Å². The van der Waals surface area contributed by atoms with Crippen molar-refractivity contribution in [3.8, 4) is 11.5 Å². The number of nitrogens with zero attached hydrogens (tertiary/aromatic N) is 2. The normalized spacial score (nSPS) is 14.9. The summed E-state index contributed by atoms with van der Waals surface area (Å²) in [4.78, 5) is 15.7. The number of carbonyl (C=O) groups is 1. The summed E-state index contributed by atoms with van der Waals surface area (Å²) in [6.45, 7) is 5.74. The maximum Gasteiger partial charge on any atom is 0.328 e. The topological polar surface area (TPSA) is 62.2 Å². The van der Waals surface area contributed by atoms with Crippen molar-refractivity contribution in [2.75, 3.05) is 46.4 Å². The number of rotatable bonds is 12. The van der Waals surface area contributed by atoms with Crippen molar-refractivity contribution in [1.29, 1.82) is 0 Å². The Bertz CT molecular complexity index is 1160. The van der Waals surface area contributed by atoms with Gasteiger partial charge in [-0.2, -0.15) is 0 Å². The van der Waals surface area contributed by atoms with Crippen LogP contribution in [-0.2, 0) is 4.79 Å². The molecule has 0 atom stereocenters. The lowest BCUT2D eigenvalue weighted by molar-refractivity contribution is -0.131. The van der Waals surface area contributed by atoms with Crippen LogP contribution in [-0.4, -0.2) is 67.3 Å². The number of hydrogen-bond donors (Lipinski definition) is 1. The van der Waals surface area contributed by atoms with Gasteiger partial charge in [-0.3, -0.25) is 4.90 Å². The second-order valence-electron chi connectivity index (χ2n) is 9.27. The molecule has 1 aliphatic rings. The Morgan fingerprint density at radius 3 is 2.16 bits per heavy atom. The van der Waals surface area contributed by atoms with Crippen LogP contribution < -0.4 is 9.47 Å². The van der Waals surface area contributed by atoms with Crippen LogP contribution in [0.1, 0.15) is 29.2 Å². The van der Waals surface area contributed by atoms with E-state index in [9.17, 15) is 4.79 Å². The van der Waals surface area contributed by atoms with E-state index < -0.39 is 5.97 Å². The third-order valence-corrected chi connectivity index (χ3v) is 6.71. The second kappa shape index (κ2) is 14.2. The van der Waals surface area contributed by atoms with E-state index in [2.05, 4.69) is 70.5 Å². The van der Waals surface area contributed by atoms with E-state index in [4.69, 9.17) is 14.6 Å². The standard InChI is InChI=1S/C32H36N2O4/c1-37-30-25-26(11-8-9-16-31(35)36)17-18-29(30)38-24-10-19-33-20-22-34(23-21-33)32(27-12-4-2-5-13-27)28-14-6-3-7-15-28/h2-9,11-18,25,32H,10,19-24H2,1H3,(H,35,36). The molecule has 0 radical (unpaired) electrons. The molecule has 38 heavy (non-hydrogen) atoms. The van der Waals surface area contributed by atoms with Crippen molar-refractivity contribution in [2.24, 2.45) is 0 Å². The molecular weight excluding hydrogens is 476 g/mol. The first-order chi connectivity index (χ1) is 18.6. The molecule has 3 aromatic carbocycles. The maximum absolute atomic E-state index is 10.6. The highest BCUT2D eigenvalue weighted by molar-refractivity contribution is 5.80. The van der Waals surface area contributed by atoms with E-state index in [0.717, 1.165) is 50.8 Å². The first kappa shape index (κ1) is 27.2. The van der Waals surface area contributed by atoms with E-state index in [1.165, 1.54) is 17.2 Å². The van der Waals surface area contributed by atoms with Crippen molar-refractivity contribution in [3.05, 3.63) is 114 Å². The minimum Gasteiger partial charge on any atom is -0.493 e. The van der Waals surface area contributed by atoms with Gasteiger partial charge in [-0.15, -0.1) is 0 Å². The molecule has 0 bridgehead atoms. The Morgan fingerprint density at radius 2 is 1.55 bits per heavy atom. The van der Waals surface area contributed by atoms with E-state index in [0.29, 0.717) is 18.1 Å². The summed E-state index contributed by atoms with van der Waals surface area (Å²) in [5, 5.41) is 8.67. The van der Waals surface area contributed by atoms with Crippen molar-refractivity contribution in [2.45, 2.75) is 12.5 Å².